The number of aryl methyl sites for hydroxylation is 1. The van der Waals surface area contributed by atoms with Gasteiger partial charge in [0, 0.05) is 19.5 Å². The van der Waals surface area contributed by atoms with Gasteiger partial charge in [0.25, 0.3) is 0 Å². The Hall–Kier alpha value is -2.02. The molecule has 0 saturated heterocycles. The quantitative estimate of drug-likeness (QED) is 0.360. The zero-order valence-electron chi connectivity index (χ0n) is 16.4. The molecule has 1 N–H and O–H groups in total. The number of aromatic nitrogens is 2. The molecular weight excluding hydrogens is 362 g/mol. The number of para-hydroxylation sites is 2. The predicted octanol–water partition coefficient (Wildman–Crippen LogP) is 3.63. The molecule has 27 heavy (non-hydrogen) atoms. The van der Waals surface area contributed by atoms with Crippen LogP contribution in [0.15, 0.2) is 29.4 Å². The van der Waals surface area contributed by atoms with Crippen LogP contribution in [0.25, 0.3) is 11.0 Å². The summed E-state index contributed by atoms with van der Waals surface area (Å²) in [4.78, 5) is 28.1. The van der Waals surface area contributed by atoms with E-state index in [1.807, 2.05) is 18.2 Å². The molecule has 1 amide bonds. The second-order valence-corrected chi connectivity index (χ2v) is 7.71. The normalized spacial score (nSPS) is 11.1. The van der Waals surface area contributed by atoms with Crippen LogP contribution >= 0.6 is 11.8 Å². The Bertz CT molecular complexity index is 758. The number of hydrogen-bond acceptors (Lipinski definition) is 5. The van der Waals surface area contributed by atoms with Crippen molar-refractivity contribution in [3.63, 3.8) is 0 Å². The van der Waals surface area contributed by atoms with Gasteiger partial charge < -0.3 is 14.6 Å². The molecule has 0 saturated carbocycles. The highest BCUT2D eigenvalue weighted by atomic mass is 32.2. The van der Waals surface area contributed by atoms with E-state index in [-0.39, 0.29) is 11.9 Å². The van der Waals surface area contributed by atoms with Gasteiger partial charge in [-0.05, 0) is 37.8 Å². The van der Waals surface area contributed by atoms with Crippen molar-refractivity contribution in [2.75, 3.05) is 18.9 Å². The first-order valence-corrected chi connectivity index (χ1v) is 10.5. The van der Waals surface area contributed by atoms with Crippen molar-refractivity contribution < 1.29 is 14.3 Å². The predicted molar refractivity (Wildman–Crippen MR) is 109 cm³/mol. The highest BCUT2D eigenvalue weighted by Gasteiger charge is 2.13. The van der Waals surface area contributed by atoms with Crippen molar-refractivity contribution in [3.05, 3.63) is 24.3 Å². The lowest BCUT2D eigenvalue weighted by Gasteiger charge is -2.10. The number of nitrogens with one attached hydrogen (secondary N) is 1. The molecule has 0 aliphatic rings. The van der Waals surface area contributed by atoms with Gasteiger partial charge in [0.15, 0.2) is 5.16 Å². The van der Waals surface area contributed by atoms with Crippen molar-refractivity contribution in [1.82, 2.24) is 14.9 Å². The van der Waals surface area contributed by atoms with E-state index in [1.54, 1.807) is 6.92 Å². The lowest BCUT2D eigenvalue weighted by atomic mass is 10.1. The number of esters is 1. The standard InChI is InChI=1S/C20H29N3O3S/c1-4-26-19(25)10-7-12-21-18(24)14-27-20-22-16-8-5-6-9-17(16)23(20)13-11-15(2)3/h5-6,8-9,15H,4,7,10-14H2,1-3H3,(H,21,24). The van der Waals surface area contributed by atoms with E-state index in [2.05, 4.69) is 34.8 Å². The maximum absolute atomic E-state index is 12.1. The highest BCUT2D eigenvalue weighted by Crippen LogP contribution is 2.25. The Labute approximate surface area is 165 Å². The number of carbonyl (C=O) groups is 2. The Morgan fingerprint density at radius 3 is 2.81 bits per heavy atom. The van der Waals surface area contributed by atoms with Crippen LogP contribution in [0.1, 0.15) is 40.0 Å². The summed E-state index contributed by atoms with van der Waals surface area (Å²) in [6.45, 7) is 7.94. The molecule has 0 bridgehead atoms. The molecule has 6 nitrogen and oxygen atoms in total. The van der Waals surface area contributed by atoms with Gasteiger partial charge in [0.2, 0.25) is 5.91 Å². The summed E-state index contributed by atoms with van der Waals surface area (Å²) in [5.74, 6) is 0.641. The van der Waals surface area contributed by atoms with Gasteiger partial charge in [-0.15, -0.1) is 0 Å². The highest BCUT2D eigenvalue weighted by molar-refractivity contribution is 7.99. The lowest BCUT2D eigenvalue weighted by molar-refractivity contribution is -0.143. The molecule has 0 atom stereocenters. The Kier molecular flexibility index (Phi) is 8.64. The number of imidazole rings is 1. The van der Waals surface area contributed by atoms with Gasteiger partial charge in [-0.2, -0.15) is 0 Å². The van der Waals surface area contributed by atoms with Gasteiger partial charge in [-0.25, -0.2) is 4.98 Å². The maximum atomic E-state index is 12.1. The summed E-state index contributed by atoms with van der Waals surface area (Å²) in [5, 5.41) is 3.72. The molecule has 0 unspecified atom stereocenters. The average Bonchev–Trinajstić information content (AvgIpc) is 2.99. The van der Waals surface area contributed by atoms with Gasteiger partial charge >= 0.3 is 5.97 Å². The number of amides is 1. The van der Waals surface area contributed by atoms with Crippen LogP contribution in [0.4, 0.5) is 0 Å². The molecule has 0 aliphatic heterocycles. The van der Waals surface area contributed by atoms with Crippen LogP contribution in [0.3, 0.4) is 0 Å². The minimum Gasteiger partial charge on any atom is -0.466 e. The Morgan fingerprint density at radius 2 is 2.07 bits per heavy atom. The summed E-state index contributed by atoms with van der Waals surface area (Å²) in [6, 6.07) is 8.07. The summed E-state index contributed by atoms with van der Waals surface area (Å²) in [6.07, 6.45) is 1.97. The number of hydrogen-bond donors (Lipinski definition) is 1. The largest absolute Gasteiger partial charge is 0.466 e. The number of rotatable bonds is 11. The van der Waals surface area contributed by atoms with Crippen molar-refractivity contribution >= 4 is 34.7 Å². The molecule has 1 aromatic carbocycles. The second kappa shape index (κ2) is 11.0. The van der Waals surface area contributed by atoms with E-state index in [0.29, 0.717) is 37.7 Å². The monoisotopic (exact) mass is 391 g/mol. The van der Waals surface area contributed by atoms with E-state index in [4.69, 9.17) is 4.74 Å². The van der Waals surface area contributed by atoms with Crippen molar-refractivity contribution in [1.29, 1.82) is 0 Å². The van der Waals surface area contributed by atoms with Crippen molar-refractivity contribution in [2.24, 2.45) is 5.92 Å². The maximum Gasteiger partial charge on any atom is 0.305 e. The first kappa shape index (κ1) is 21.3. The third kappa shape index (κ3) is 6.90. The fourth-order valence-corrected chi connectivity index (χ4v) is 3.51. The zero-order valence-corrected chi connectivity index (χ0v) is 17.2. The van der Waals surface area contributed by atoms with Crippen LogP contribution in [-0.4, -0.2) is 40.3 Å². The second-order valence-electron chi connectivity index (χ2n) is 6.76. The first-order chi connectivity index (χ1) is 13.0. The number of fused-ring (bicyclic) bond motifs is 1. The molecular formula is C20H29N3O3S. The number of nitrogens with zero attached hydrogens (tertiary/aromatic N) is 2. The van der Waals surface area contributed by atoms with E-state index >= 15 is 0 Å². The van der Waals surface area contributed by atoms with Crippen LogP contribution in [-0.2, 0) is 20.9 Å². The lowest BCUT2D eigenvalue weighted by Crippen LogP contribution is -2.26. The summed E-state index contributed by atoms with van der Waals surface area (Å²) < 4.78 is 7.07. The van der Waals surface area contributed by atoms with E-state index < -0.39 is 0 Å². The average molecular weight is 392 g/mol. The topological polar surface area (TPSA) is 73.2 Å². The molecule has 2 aromatic rings. The Morgan fingerprint density at radius 1 is 1.30 bits per heavy atom. The number of carbonyl (C=O) groups excluding carboxylic acids is 2. The molecule has 0 radical (unpaired) electrons. The third-order valence-electron chi connectivity index (χ3n) is 4.07. The van der Waals surface area contributed by atoms with E-state index in [0.717, 1.165) is 29.2 Å². The van der Waals surface area contributed by atoms with Gasteiger partial charge in [-0.1, -0.05) is 37.7 Å². The van der Waals surface area contributed by atoms with Crippen molar-refractivity contribution in [3.8, 4) is 0 Å². The van der Waals surface area contributed by atoms with Crippen LogP contribution in [0.5, 0.6) is 0 Å². The van der Waals surface area contributed by atoms with Gasteiger partial charge in [-0.3, -0.25) is 9.59 Å². The molecule has 1 aromatic heterocycles. The molecule has 7 heteroatoms. The molecule has 2 rings (SSSR count). The smallest absolute Gasteiger partial charge is 0.305 e. The van der Waals surface area contributed by atoms with Gasteiger partial charge in [0.1, 0.15) is 0 Å². The zero-order chi connectivity index (χ0) is 19.6. The molecule has 0 aliphatic carbocycles. The summed E-state index contributed by atoms with van der Waals surface area (Å²) in [5.41, 5.74) is 2.06. The van der Waals surface area contributed by atoms with Crippen LogP contribution in [0, 0.1) is 5.92 Å². The van der Waals surface area contributed by atoms with Crippen LogP contribution in [0.2, 0.25) is 0 Å². The van der Waals surface area contributed by atoms with E-state index in [9.17, 15) is 9.59 Å². The minimum atomic E-state index is -0.222. The Balaban J connectivity index is 1.87. The first-order valence-electron chi connectivity index (χ1n) is 9.51. The molecule has 0 fully saturated rings. The molecule has 148 valence electrons. The third-order valence-corrected chi connectivity index (χ3v) is 5.04. The number of thioether (sulfide) groups is 1. The van der Waals surface area contributed by atoms with Gasteiger partial charge in [0.05, 0.1) is 23.4 Å². The summed E-state index contributed by atoms with van der Waals surface area (Å²) >= 11 is 1.45. The van der Waals surface area contributed by atoms with Crippen LogP contribution < -0.4 is 5.32 Å². The fourth-order valence-electron chi connectivity index (χ4n) is 2.64. The number of benzene rings is 1. The summed E-state index contributed by atoms with van der Waals surface area (Å²) in [7, 11) is 0. The molecule has 0 spiro atoms. The molecule has 1 heterocycles. The van der Waals surface area contributed by atoms with E-state index in [1.165, 1.54) is 11.8 Å². The minimum absolute atomic E-state index is 0.0497. The fraction of sp³-hybridized carbons (Fsp3) is 0.550. The van der Waals surface area contributed by atoms with Crippen molar-refractivity contribution in [2.45, 2.75) is 51.7 Å². The SMILES string of the molecule is CCOC(=O)CCCNC(=O)CSc1nc2ccccc2n1CCC(C)C. The number of ether oxygens (including phenoxy) is 1.